The summed E-state index contributed by atoms with van der Waals surface area (Å²) >= 11 is 0. The Bertz CT molecular complexity index is 124. The smallest absolute Gasteiger partial charge is 0.119 e. The van der Waals surface area contributed by atoms with Gasteiger partial charge < -0.3 is 9.90 Å². The van der Waals surface area contributed by atoms with E-state index in [0.29, 0.717) is 19.3 Å². The highest BCUT2D eigenvalue weighted by atomic mass is 16.3. The number of rotatable bonds is 5. The van der Waals surface area contributed by atoms with Crippen LogP contribution in [0, 0.1) is 12.3 Å². The topological polar surface area (TPSA) is 37.3 Å². The van der Waals surface area contributed by atoms with Crippen LogP contribution in [0.5, 0.6) is 0 Å². The Morgan fingerprint density at radius 3 is 2.90 bits per heavy atom. The van der Waals surface area contributed by atoms with E-state index < -0.39 is 6.10 Å². The second-order valence-corrected chi connectivity index (χ2v) is 2.16. The minimum atomic E-state index is -0.426. The third-order valence-corrected chi connectivity index (χ3v) is 1.21. The van der Waals surface area contributed by atoms with Crippen molar-refractivity contribution in [3.05, 3.63) is 0 Å². The molecule has 2 nitrogen and oxygen atoms in total. The molecule has 0 saturated carbocycles. The van der Waals surface area contributed by atoms with E-state index in [4.69, 9.17) is 11.5 Å². The van der Waals surface area contributed by atoms with Crippen molar-refractivity contribution in [2.45, 2.75) is 31.8 Å². The molecular formula is C8H12O2. The molecule has 1 N–H and O–H groups in total. The monoisotopic (exact) mass is 140 g/mol. The molecule has 0 aliphatic carbocycles. The zero-order valence-corrected chi connectivity index (χ0v) is 5.92. The summed E-state index contributed by atoms with van der Waals surface area (Å²) in [5.41, 5.74) is 0. The van der Waals surface area contributed by atoms with Crippen molar-refractivity contribution in [3.63, 3.8) is 0 Å². The van der Waals surface area contributed by atoms with Crippen LogP contribution in [-0.4, -0.2) is 17.5 Å². The molecule has 0 bridgehead atoms. The highest BCUT2D eigenvalue weighted by Crippen LogP contribution is 2.01. The van der Waals surface area contributed by atoms with Gasteiger partial charge in [0.1, 0.15) is 6.29 Å². The maximum Gasteiger partial charge on any atom is 0.119 e. The van der Waals surface area contributed by atoms with Crippen LogP contribution in [-0.2, 0) is 4.79 Å². The first kappa shape index (κ1) is 9.19. The maximum absolute atomic E-state index is 9.82. The highest BCUT2D eigenvalue weighted by molar-refractivity contribution is 5.48. The molecule has 0 aromatic rings. The van der Waals surface area contributed by atoms with Crippen molar-refractivity contribution in [2.75, 3.05) is 0 Å². The van der Waals surface area contributed by atoms with Crippen molar-refractivity contribution < 1.29 is 9.90 Å². The molecule has 0 aliphatic rings. The molecule has 0 aromatic heterocycles. The van der Waals surface area contributed by atoms with Gasteiger partial charge in [-0.15, -0.1) is 12.3 Å². The zero-order chi connectivity index (χ0) is 7.82. The number of hydrogen-bond donors (Lipinski definition) is 1. The number of unbranched alkanes of at least 4 members (excludes halogenated alkanes) is 1. The maximum atomic E-state index is 9.82. The van der Waals surface area contributed by atoms with Crippen LogP contribution in [0.2, 0.25) is 0 Å². The van der Waals surface area contributed by atoms with Gasteiger partial charge >= 0.3 is 0 Å². The van der Waals surface area contributed by atoms with Gasteiger partial charge in [0.2, 0.25) is 0 Å². The summed E-state index contributed by atoms with van der Waals surface area (Å²) in [6.07, 6.45) is 7.64. The molecule has 0 rings (SSSR count). The number of aldehydes is 1. The molecule has 0 aliphatic heterocycles. The average molecular weight is 140 g/mol. The Kier molecular flexibility index (Phi) is 5.80. The van der Waals surface area contributed by atoms with Crippen LogP contribution in [0.3, 0.4) is 0 Å². The van der Waals surface area contributed by atoms with Gasteiger partial charge in [-0.2, -0.15) is 0 Å². The molecule has 0 radical (unpaired) electrons. The fraction of sp³-hybridized carbons (Fsp3) is 0.625. The van der Waals surface area contributed by atoms with Gasteiger partial charge in [-0.1, -0.05) is 0 Å². The van der Waals surface area contributed by atoms with Crippen molar-refractivity contribution in [1.29, 1.82) is 0 Å². The lowest BCUT2D eigenvalue weighted by Crippen LogP contribution is -2.04. The van der Waals surface area contributed by atoms with Crippen molar-refractivity contribution in [3.8, 4) is 12.3 Å². The van der Waals surface area contributed by atoms with E-state index in [1.807, 2.05) is 0 Å². The number of hydrogen-bond acceptors (Lipinski definition) is 2. The molecule has 0 fully saturated rings. The Morgan fingerprint density at radius 1 is 1.70 bits per heavy atom. The summed E-state index contributed by atoms with van der Waals surface area (Å²) in [5, 5.41) is 9.02. The quantitative estimate of drug-likeness (QED) is 0.347. The van der Waals surface area contributed by atoms with Gasteiger partial charge in [-0.05, 0) is 12.8 Å². The molecule has 0 aromatic carbocycles. The molecular weight excluding hydrogens is 128 g/mol. The lowest BCUT2D eigenvalue weighted by molar-refractivity contribution is -0.108. The SMILES string of the molecule is C#CC[C@H](O)CCCC=O. The number of terminal acetylenes is 1. The summed E-state index contributed by atoms with van der Waals surface area (Å²) in [4.78, 5) is 9.82. The van der Waals surface area contributed by atoms with Gasteiger partial charge in [0.25, 0.3) is 0 Å². The fourth-order valence-electron chi connectivity index (χ4n) is 0.675. The second kappa shape index (κ2) is 6.31. The number of carbonyl (C=O) groups excluding carboxylic acids is 1. The Labute approximate surface area is 61.2 Å². The molecule has 10 heavy (non-hydrogen) atoms. The Balaban J connectivity index is 3.14. The zero-order valence-electron chi connectivity index (χ0n) is 5.92. The first-order valence-corrected chi connectivity index (χ1v) is 3.36. The third-order valence-electron chi connectivity index (χ3n) is 1.21. The molecule has 2 heteroatoms. The van der Waals surface area contributed by atoms with E-state index in [0.717, 1.165) is 12.7 Å². The summed E-state index contributed by atoms with van der Waals surface area (Å²) < 4.78 is 0. The van der Waals surface area contributed by atoms with Gasteiger partial charge in [-0.3, -0.25) is 0 Å². The van der Waals surface area contributed by atoms with Crippen LogP contribution in [0.4, 0.5) is 0 Å². The van der Waals surface area contributed by atoms with E-state index in [1.54, 1.807) is 0 Å². The molecule has 0 unspecified atom stereocenters. The van der Waals surface area contributed by atoms with Crippen molar-refractivity contribution >= 4 is 6.29 Å². The van der Waals surface area contributed by atoms with E-state index in [2.05, 4.69) is 5.92 Å². The Hall–Kier alpha value is -0.810. The third kappa shape index (κ3) is 5.33. The summed E-state index contributed by atoms with van der Waals surface area (Å²) in [6, 6.07) is 0. The van der Waals surface area contributed by atoms with Crippen LogP contribution in [0.15, 0.2) is 0 Å². The van der Waals surface area contributed by atoms with E-state index in [-0.39, 0.29) is 0 Å². The minimum Gasteiger partial charge on any atom is -0.392 e. The first-order chi connectivity index (χ1) is 4.81. The van der Waals surface area contributed by atoms with Gasteiger partial charge in [-0.25, -0.2) is 0 Å². The van der Waals surface area contributed by atoms with E-state index >= 15 is 0 Å². The summed E-state index contributed by atoms with van der Waals surface area (Å²) in [5.74, 6) is 2.36. The second-order valence-electron chi connectivity index (χ2n) is 2.16. The Morgan fingerprint density at radius 2 is 2.40 bits per heavy atom. The molecule has 0 amide bonds. The largest absolute Gasteiger partial charge is 0.392 e. The van der Waals surface area contributed by atoms with Crippen LogP contribution >= 0.6 is 0 Å². The van der Waals surface area contributed by atoms with E-state index in [1.165, 1.54) is 0 Å². The van der Waals surface area contributed by atoms with Crippen molar-refractivity contribution in [2.24, 2.45) is 0 Å². The first-order valence-electron chi connectivity index (χ1n) is 3.36. The predicted molar refractivity (Wildman–Crippen MR) is 39.4 cm³/mol. The van der Waals surface area contributed by atoms with Gasteiger partial charge in [0, 0.05) is 12.8 Å². The summed E-state index contributed by atoms with van der Waals surface area (Å²) in [6.45, 7) is 0. The van der Waals surface area contributed by atoms with Crippen LogP contribution < -0.4 is 0 Å². The number of aliphatic hydroxyl groups is 1. The molecule has 56 valence electrons. The standard InChI is InChI=1S/C8H12O2/c1-2-5-8(10)6-3-4-7-9/h1,7-8,10H,3-6H2/t8-/m0/s1. The summed E-state index contributed by atoms with van der Waals surface area (Å²) in [7, 11) is 0. The molecule has 1 atom stereocenters. The normalized spacial score (nSPS) is 12.0. The van der Waals surface area contributed by atoms with Gasteiger partial charge in [0.15, 0.2) is 0 Å². The minimum absolute atomic E-state index is 0.388. The average Bonchev–Trinajstić information content (AvgIpc) is 1.89. The number of carbonyl (C=O) groups is 1. The molecule has 0 spiro atoms. The fourth-order valence-corrected chi connectivity index (χ4v) is 0.675. The lowest BCUT2D eigenvalue weighted by atomic mass is 10.1. The van der Waals surface area contributed by atoms with Crippen LogP contribution in [0.25, 0.3) is 0 Å². The number of aliphatic hydroxyl groups excluding tert-OH is 1. The highest BCUT2D eigenvalue weighted by Gasteiger charge is 1.99. The van der Waals surface area contributed by atoms with Gasteiger partial charge in [0.05, 0.1) is 6.10 Å². The molecule has 0 saturated heterocycles. The predicted octanol–water partition coefficient (Wildman–Crippen LogP) is 0.740. The lowest BCUT2D eigenvalue weighted by Gasteiger charge is -2.03. The molecule has 0 heterocycles. The van der Waals surface area contributed by atoms with Crippen molar-refractivity contribution in [1.82, 2.24) is 0 Å². The van der Waals surface area contributed by atoms with Crippen LogP contribution in [0.1, 0.15) is 25.7 Å². The van der Waals surface area contributed by atoms with E-state index in [9.17, 15) is 4.79 Å².